The Kier molecular flexibility index (Phi) is 2.90. The minimum absolute atomic E-state index is 0.223. The van der Waals surface area contributed by atoms with Crippen LogP contribution in [0.25, 0.3) is 0 Å². The average Bonchev–Trinajstić information content (AvgIpc) is 2.20. The number of hydrogen-bond acceptors (Lipinski definition) is 4. The van der Waals surface area contributed by atoms with Gasteiger partial charge in [-0.1, -0.05) is 19.1 Å². The smallest absolute Gasteiger partial charge is 0.115 e. The zero-order valence-electron chi connectivity index (χ0n) is 8.68. The van der Waals surface area contributed by atoms with Gasteiger partial charge in [0.2, 0.25) is 0 Å². The summed E-state index contributed by atoms with van der Waals surface area (Å²) in [7, 11) is 0. The molecule has 4 heteroatoms. The molecule has 82 valence electrons. The third-order valence-electron chi connectivity index (χ3n) is 2.65. The van der Waals surface area contributed by atoms with Crippen molar-refractivity contribution in [3.8, 4) is 5.75 Å². The third-order valence-corrected chi connectivity index (χ3v) is 2.65. The van der Waals surface area contributed by atoms with E-state index in [4.69, 9.17) is 5.11 Å². The molecule has 1 heterocycles. The summed E-state index contributed by atoms with van der Waals surface area (Å²) in [4.78, 5) is 0. The van der Waals surface area contributed by atoms with E-state index in [0.717, 1.165) is 17.2 Å². The first-order valence-corrected chi connectivity index (χ1v) is 5.13. The Hall–Kier alpha value is -1.10. The van der Waals surface area contributed by atoms with Crippen molar-refractivity contribution in [1.82, 2.24) is 10.4 Å². The van der Waals surface area contributed by atoms with Gasteiger partial charge in [0.05, 0.1) is 6.17 Å². The fourth-order valence-electron chi connectivity index (χ4n) is 1.83. The number of rotatable bonds is 1. The van der Waals surface area contributed by atoms with E-state index in [1.165, 1.54) is 0 Å². The van der Waals surface area contributed by atoms with Gasteiger partial charge in [-0.05, 0) is 30.2 Å². The van der Waals surface area contributed by atoms with Gasteiger partial charge in [0.15, 0.2) is 0 Å². The summed E-state index contributed by atoms with van der Waals surface area (Å²) in [5.74, 6) is 0.608. The lowest BCUT2D eigenvalue weighted by Gasteiger charge is -2.44. The van der Waals surface area contributed by atoms with Crippen LogP contribution in [0, 0.1) is 11.1 Å². The van der Waals surface area contributed by atoms with Gasteiger partial charge in [0.1, 0.15) is 5.75 Å². The van der Waals surface area contributed by atoms with Crippen molar-refractivity contribution in [2.45, 2.75) is 13.1 Å². The summed E-state index contributed by atoms with van der Waals surface area (Å²) in [5.41, 5.74) is 0.898. The first-order valence-electron chi connectivity index (χ1n) is 5.13. The molecule has 1 aliphatic rings. The van der Waals surface area contributed by atoms with Crippen LogP contribution in [-0.4, -0.2) is 23.3 Å². The zero-order chi connectivity index (χ0) is 10.8. The summed E-state index contributed by atoms with van der Waals surface area (Å²) in [5, 5.41) is 25.1. The molecule has 0 radical (unpaired) electrons. The van der Waals surface area contributed by atoms with E-state index in [1.54, 1.807) is 24.3 Å². The van der Waals surface area contributed by atoms with Gasteiger partial charge in [0.25, 0.3) is 0 Å². The predicted molar refractivity (Wildman–Crippen MR) is 58.1 cm³/mol. The molecule has 1 fully saturated rings. The van der Waals surface area contributed by atoms with Crippen LogP contribution in [-0.2, 0) is 0 Å². The fraction of sp³-hybridized carbons (Fsp3) is 0.455. The summed E-state index contributed by atoms with van der Waals surface area (Å²) in [6.07, 6.45) is -0.276. The molecule has 1 aliphatic heterocycles. The molecule has 1 aromatic carbocycles. The molecular weight excluding hydrogens is 192 g/mol. The van der Waals surface area contributed by atoms with Crippen LogP contribution in [0.1, 0.15) is 18.7 Å². The van der Waals surface area contributed by atoms with E-state index in [0.29, 0.717) is 12.5 Å². The molecule has 0 bridgehead atoms. The first kappa shape index (κ1) is 10.4. The number of benzene rings is 1. The Morgan fingerprint density at radius 3 is 2.67 bits per heavy atom. The van der Waals surface area contributed by atoms with Gasteiger partial charge < -0.3 is 15.4 Å². The van der Waals surface area contributed by atoms with Gasteiger partial charge in [-0.2, -0.15) is 0 Å². The van der Waals surface area contributed by atoms with E-state index >= 15 is 0 Å². The van der Waals surface area contributed by atoms with Crippen LogP contribution in [0.3, 0.4) is 0 Å². The largest absolute Gasteiger partial charge is 0.784 e. The Labute approximate surface area is 89.1 Å². The maximum Gasteiger partial charge on any atom is 0.115 e. The molecular formula is C11H15N2O2-. The monoisotopic (exact) mass is 207 g/mol. The molecule has 15 heavy (non-hydrogen) atoms. The van der Waals surface area contributed by atoms with E-state index in [9.17, 15) is 5.21 Å². The predicted octanol–water partition coefficient (Wildman–Crippen LogP) is 1.43. The van der Waals surface area contributed by atoms with Crippen molar-refractivity contribution in [2.24, 2.45) is 5.92 Å². The van der Waals surface area contributed by atoms with Gasteiger partial charge >= 0.3 is 0 Å². The highest BCUT2D eigenvalue weighted by Crippen LogP contribution is 2.23. The summed E-state index contributed by atoms with van der Waals surface area (Å²) in [6, 6.07) is 6.74. The molecule has 2 N–H and O–H groups in total. The molecule has 1 saturated heterocycles. The maximum atomic E-state index is 11.7. The van der Waals surface area contributed by atoms with Crippen molar-refractivity contribution in [3.05, 3.63) is 35.0 Å². The van der Waals surface area contributed by atoms with Crippen molar-refractivity contribution in [2.75, 3.05) is 13.1 Å². The number of hydroxylamine groups is 2. The van der Waals surface area contributed by atoms with Gasteiger partial charge in [-0.15, -0.1) is 0 Å². The lowest BCUT2D eigenvalue weighted by Crippen LogP contribution is -2.45. The standard InChI is InChI=1S/C11H15N2O2/c1-8-6-12-11(13(15)7-8)9-2-4-10(14)5-3-9/h2-5,8,11-12,14H,6-7H2,1H3/q-1. The lowest BCUT2D eigenvalue weighted by molar-refractivity contribution is 0.155. The summed E-state index contributed by atoms with van der Waals surface area (Å²) < 4.78 is 0. The molecule has 0 amide bonds. The normalized spacial score (nSPS) is 27.9. The minimum Gasteiger partial charge on any atom is -0.784 e. The molecule has 0 aliphatic carbocycles. The molecule has 0 aromatic heterocycles. The fourth-order valence-corrected chi connectivity index (χ4v) is 1.83. The molecule has 1 aromatic rings. The summed E-state index contributed by atoms with van der Waals surface area (Å²) >= 11 is 0. The number of phenols is 1. The van der Waals surface area contributed by atoms with Crippen molar-refractivity contribution >= 4 is 0 Å². The Morgan fingerprint density at radius 1 is 1.40 bits per heavy atom. The van der Waals surface area contributed by atoms with Gasteiger partial charge in [-0.25, -0.2) is 0 Å². The highest BCUT2D eigenvalue weighted by molar-refractivity contribution is 5.28. The van der Waals surface area contributed by atoms with Crippen molar-refractivity contribution in [3.63, 3.8) is 0 Å². The third kappa shape index (κ3) is 2.28. The Bertz CT molecular complexity index is 326. The number of nitrogens with zero attached hydrogens (tertiary/aromatic N) is 1. The van der Waals surface area contributed by atoms with Crippen molar-refractivity contribution in [1.29, 1.82) is 0 Å². The van der Waals surface area contributed by atoms with Gasteiger partial charge in [-0.3, -0.25) is 5.32 Å². The highest BCUT2D eigenvalue weighted by atomic mass is 16.5. The van der Waals surface area contributed by atoms with Crippen LogP contribution in [0.2, 0.25) is 0 Å². The number of phenolic OH excluding ortho intramolecular Hbond substituents is 1. The van der Waals surface area contributed by atoms with Gasteiger partial charge in [0, 0.05) is 6.54 Å². The average molecular weight is 207 g/mol. The van der Waals surface area contributed by atoms with Crippen molar-refractivity contribution < 1.29 is 5.11 Å². The topological polar surface area (TPSA) is 58.6 Å². The number of hydrogen-bond donors (Lipinski definition) is 2. The SMILES string of the molecule is CC1CNC(c2ccc(O)cc2)N([O-])C1. The van der Waals surface area contributed by atoms with Crippen LogP contribution in [0.4, 0.5) is 0 Å². The van der Waals surface area contributed by atoms with Crippen LogP contribution >= 0.6 is 0 Å². The summed E-state index contributed by atoms with van der Waals surface area (Å²) in [6.45, 7) is 3.45. The number of aromatic hydroxyl groups is 1. The van der Waals surface area contributed by atoms with E-state index < -0.39 is 0 Å². The van der Waals surface area contributed by atoms with Crippen LogP contribution in [0.5, 0.6) is 5.75 Å². The Morgan fingerprint density at radius 2 is 2.07 bits per heavy atom. The molecule has 2 rings (SSSR count). The molecule has 0 saturated carbocycles. The van der Waals surface area contributed by atoms with E-state index in [2.05, 4.69) is 5.32 Å². The quantitative estimate of drug-likeness (QED) is 0.731. The first-order chi connectivity index (χ1) is 7.16. The second kappa shape index (κ2) is 4.18. The van der Waals surface area contributed by atoms with E-state index in [-0.39, 0.29) is 11.9 Å². The number of nitrogens with one attached hydrogen (secondary N) is 1. The molecule has 2 unspecified atom stereocenters. The molecule has 0 spiro atoms. The molecule has 2 atom stereocenters. The second-order valence-electron chi connectivity index (χ2n) is 4.11. The van der Waals surface area contributed by atoms with Crippen LogP contribution in [0.15, 0.2) is 24.3 Å². The van der Waals surface area contributed by atoms with Crippen LogP contribution < -0.4 is 5.32 Å². The molecule has 4 nitrogen and oxygen atoms in total. The second-order valence-corrected chi connectivity index (χ2v) is 4.11. The lowest BCUT2D eigenvalue weighted by atomic mass is 10.1. The Balaban J connectivity index is 2.13. The minimum atomic E-state index is -0.276. The zero-order valence-corrected chi connectivity index (χ0v) is 8.68. The van der Waals surface area contributed by atoms with E-state index in [1.807, 2.05) is 6.92 Å². The maximum absolute atomic E-state index is 11.7. The highest BCUT2D eigenvalue weighted by Gasteiger charge is 2.20.